The summed E-state index contributed by atoms with van der Waals surface area (Å²) in [4.78, 5) is 25.7. The van der Waals surface area contributed by atoms with Gasteiger partial charge >= 0.3 is 5.97 Å². The van der Waals surface area contributed by atoms with Crippen molar-refractivity contribution in [3.05, 3.63) is 12.2 Å². The lowest BCUT2D eigenvalue weighted by atomic mass is 9.77. The minimum Gasteiger partial charge on any atom is -0.481 e. The average molecular weight is 279 g/mol. The van der Waals surface area contributed by atoms with Gasteiger partial charge in [-0.3, -0.25) is 9.59 Å². The fourth-order valence-corrected chi connectivity index (χ4v) is 4.05. The second kappa shape index (κ2) is 4.05. The number of amides is 1. The molecule has 0 aromatic carbocycles. The Morgan fingerprint density at radius 2 is 2.40 bits per heavy atom. The fourth-order valence-electron chi connectivity index (χ4n) is 4.05. The molecule has 4 heterocycles. The van der Waals surface area contributed by atoms with Crippen molar-refractivity contribution in [2.75, 3.05) is 19.7 Å². The van der Waals surface area contributed by atoms with E-state index in [4.69, 9.17) is 9.47 Å². The Morgan fingerprint density at radius 3 is 3.10 bits per heavy atom. The SMILES string of the molecule is O=C(O)[C@@H]1[C@H]2C(=O)N(C[C@@H]3CCCO3)C[C@]23C=C[C@H]1O3. The number of carboxylic acids is 1. The molecule has 4 aliphatic rings. The average Bonchev–Trinajstić information content (AvgIpc) is 3.12. The van der Waals surface area contributed by atoms with Crippen LogP contribution in [-0.2, 0) is 19.1 Å². The summed E-state index contributed by atoms with van der Waals surface area (Å²) in [7, 11) is 0. The van der Waals surface area contributed by atoms with Crippen LogP contribution in [0.1, 0.15) is 12.8 Å². The summed E-state index contributed by atoms with van der Waals surface area (Å²) < 4.78 is 11.4. The molecule has 0 aromatic heterocycles. The van der Waals surface area contributed by atoms with Gasteiger partial charge in [0, 0.05) is 13.2 Å². The van der Waals surface area contributed by atoms with E-state index in [1.807, 2.05) is 6.08 Å². The van der Waals surface area contributed by atoms with Crippen molar-refractivity contribution < 1.29 is 24.2 Å². The lowest BCUT2D eigenvalue weighted by Crippen LogP contribution is -2.39. The Bertz CT molecular complexity index is 498. The molecule has 5 atom stereocenters. The second-order valence-electron chi connectivity index (χ2n) is 6.09. The maximum absolute atomic E-state index is 12.6. The maximum Gasteiger partial charge on any atom is 0.310 e. The quantitative estimate of drug-likeness (QED) is 0.738. The lowest BCUT2D eigenvalue weighted by Gasteiger charge is -2.23. The van der Waals surface area contributed by atoms with Gasteiger partial charge in [0.15, 0.2) is 0 Å². The number of hydrogen-bond donors (Lipinski definition) is 1. The van der Waals surface area contributed by atoms with E-state index in [0.29, 0.717) is 13.1 Å². The predicted molar refractivity (Wildman–Crippen MR) is 66.9 cm³/mol. The summed E-state index contributed by atoms with van der Waals surface area (Å²) in [6.07, 6.45) is 5.29. The molecule has 0 radical (unpaired) electrons. The Morgan fingerprint density at radius 1 is 1.55 bits per heavy atom. The third-order valence-corrected chi connectivity index (χ3v) is 4.91. The molecule has 1 spiro atoms. The highest BCUT2D eigenvalue weighted by molar-refractivity contribution is 5.90. The molecule has 0 unspecified atom stereocenters. The van der Waals surface area contributed by atoms with Crippen molar-refractivity contribution in [2.45, 2.75) is 30.7 Å². The smallest absolute Gasteiger partial charge is 0.310 e. The first-order valence-electron chi connectivity index (χ1n) is 7.11. The third kappa shape index (κ3) is 1.52. The number of aliphatic carboxylic acids is 1. The van der Waals surface area contributed by atoms with Gasteiger partial charge in [-0.05, 0) is 12.8 Å². The van der Waals surface area contributed by atoms with Gasteiger partial charge < -0.3 is 19.5 Å². The lowest BCUT2D eigenvalue weighted by molar-refractivity contribution is -0.148. The van der Waals surface area contributed by atoms with Crippen LogP contribution in [0, 0.1) is 11.8 Å². The number of rotatable bonds is 3. The molecule has 0 aliphatic carbocycles. The van der Waals surface area contributed by atoms with Gasteiger partial charge in [-0.1, -0.05) is 12.2 Å². The van der Waals surface area contributed by atoms with E-state index in [9.17, 15) is 14.7 Å². The van der Waals surface area contributed by atoms with Gasteiger partial charge in [-0.2, -0.15) is 0 Å². The Labute approximate surface area is 116 Å². The largest absolute Gasteiger partial charge is 0.481 e. The molecule has 6 nitrogen and oxygen atoms in total. The van der Waals surface area contributed by atoms with Gasteiger partial charge in [0.25, 0.3) is 0 Å². The van der Waals surface area contributed by atoms with Gasteiger partial charge in [0.2, 0.25) is 5.91 Å². The highest BCUT2D eigenvalue weighted by Crippen LogP contribution is 2.51. The standard InChI is InChI=1S/C14H17NO5/c16-12-11-10(13(17)18)9-3-4-14(11,20-9)7-15(12)6-8-2-1-5-19-8/h3-4,8-11H,1-2,5-7H2,(H,17,18)/t8-,9+,10-,11-,14+/m0/s1. The van der Waals surface area contributed by atoms with Gasteiger partial charge in [0.05, 0.1) is 24.7 Å². The first-order chi connectivity index (χ1) is 9.61. The number of ether oxygens (including phenoxy) is 2. The third-order valence-electron chi connectivity index (χ3n) is 4.91. The van der Waals surface area contributed by atoms with Gasteiger partial charge in [-0.15, -0.1) is 0 Å². The minimum absolute atomic E-state index is 0.0821. The van der Waals surface area contributed by atoms with E-state index in [-0.39, 0.29) is 12.0 Å². The highest BCUT2D eigenvalue weighted by atomic mass is 16.5. The number of hydrogen-bond acceptors (Lipinski definition) is 4. The van der Waals surface area contributed by atoms with Crippen LogP contribution in [0.5, 0.6) is 0 Å². The molecule has 2 bridgehead atoms. The molecule has 1 amide bonds. The topological polar surface area (TPSA) is 76.1 Å². The minimum atomic E-state index is -0.946. The molecule has 4 aliphatic heterocycles. The Balaban J connectivity index is 1.58. The number of carbonyl (C=O) groups is 2. The summed E-state index contributed by atoms with van der Waals surface area (Å²) in [6, 6.07) is 0. The van der Waals surface area contributed by atoms with Crippen LogP contribution in [0.15, 0.2) is 12.2 Å². The zero-order valence-corrected chi connectivity index (χ0v) is 11.0. The zero-order valence-electron chi connectivity index (χ0n) is 11.0. The molecule has 6 heteroatoms. The van der Waals surface area contributed by atoms with Crippen LogP contribution in [0.2, 0.25) is 0 Å². The maximum atomic E-state index is 12.6. The predicted octanol–water partition coefficient (Wildman–Crippen LogP) is 0.0320. The van der Waals surface area contributed by atoms with Crippen LogP contribution < -0.4 is 0 Å². The molecular weight excluding hydrogens is 262 g/mol. The summed E-state index contributed by atoms with van der Waals surface area (Å²) in [5.74, 6) is -2.36. The molecule has 1 N–H and O–H groups in total. The number of fused-ring (bicyclic) bond motifs is 1. The van der Waals surface area contributed by atoms with Crippen LogP contribution in [0.4, 0.5) is 0 Å². The van der Waals surface area contributed by atoms with Gasteiger partial charge in [-0.25, -0.2) is 0 Å². The Kier molecular flexibility index (Phi) is 2.50. The van der Waals surface area contributed by atoms with Crippen LogP contribution in [-0.4, -0.2) is 59.4 Å². The summed E-state index contributed by atoms with van der Waals surface area (Å²) >= 11 is 0. The van der Waals surface area contributed by atoms with E-state index in [0.717, 1.165) is 19.4 Å². The monoisotopic (exact) mass is 279 g/mol. The van der Waals surface area contributed by atoms with Crippen molar-refractivity contribution >= 4 is 11.9 Å². The van der Waals surface area contributed by atoms with E-state index < -0.39 is 29.5 Å². The van der Waals surface area contributed by atoms with E-state index in [1.54, 1.807) is 11.0 Å². The summed E-state index contributed by atoms with van der Waals surface area (Å²) in [5, 5.41) is 9.36. The summed E-state index contributed by atoms with van der Waals surface area (Å²) in [6.45, 7) is 1.75. The number of carbonyl (C=O) groups excluding carboxylic acids is 1. The zero-order chi connectivity index (χ0) is 13.9. The van der Waals surface area contributed by atoms with Crippen LogP contribution in [0.3, 0.4) is 0 Å². The number of nitrogens with zero attached hydrogens (tertiary/aromatic N) is 1. The molecule has 3 saturated heterocycles. The second-order valence-corrected chi connectivity index (χ2v) is 6.09. The first-order valence-corrected chi connectivity index (χ1v) is 7.11. The first kappa shape index (κ1) is 12.3. The molecular formula is C14H17NO5. The fraction of sp³-hybridized carbons (Fsp3) is 0.714. The van der Waals surface area contributed by atoms with Crippen LogP contribution in [0.25, 0.3) is 0 Å². The normalized spacial score (nSPS) is 45.4. The van der Waals surface area contributed by atoms with Crippen molar-refractivity contribution in [3.63, 3.8) is 0 Å². The van der Waals surface area contributed by atoms with E-state index in [1.165, 1.54) is 0 Å². The number of likely N-dealkylation sites (tertiary alicyclic amines) is 1. The van der Waals surface area contributed by atoms with Gasteiger partial charge in [0.1, 0.15) is 11.5 Å². The summed E-state index contributed by atoms with van der Waals surface area (Å²) in [5.41, 5.74) is -0.719. The molecule has 0 aromatic rings. The van der Waals surface area contributed by atoms with Crippen LogP contribution >= 0.6 is 0 Å². The highest BCUT2D eigenvalue weighted by Gasteiger charge is 2.67. The van der Waals surface area contributed by atoms with Crippen molar-refractivity contribution in [1.29, 1.82) is 0 Å². The van der Waals surface area contributed by atoms with Crippen molar-refractivity contribution in [1.82, 2.24) is 4.90 Å². The molecule has 3 fully saturated rings. The molecule has 108 valence electrons. The Hall–Kier alpha value is -1.40. The molecule has 4 rings (SSSR count). The van der Waals surface area contributed by atoms with E-state index >= 15 is 0 Å². The van der Waals surface area contributed by atoms with Crippen molar-refractivity contribution in [2.24, 2.45) is 11.8 Å². The molecule has 0 saturated carbocycles. The van der Waals surface area contributed by atoms with Crippen molar-refractivity contribution in [3.8, 4) is 0 Å². The molecule has 20 heavy (non-hydrogen) atoms. The number of carboxylic acid groups (broad SMARTS) is 1. The van der Waals surface area contributed by atoms with E-state index in [2.05, 4.69) is 0 Å².